The first-order chi connectivity index (χ1) is 5.93. The highest BCUT2D eigenvalue weighted by molar-refractivity contribution is 5.36. The van der Waals surface area contributed by atoms with Gasteiger partial charge in [-0.05, 0) is 32.1 Å². The Morgan fingerprint density at radius 2 is 2.42 bits per heavy atom. The third-order valence-corrected chi connectivity index (χ3v) is 2.13. The van der Waals surface area contributed by atoms with Crippen molar-refractivity contribution in [3.63, 3.8) is 0 Å². The molecule has 0 saturated carbocycles. The van der Waals surface area contributed by atoms with Crippen LogP contribution in [0.5, 0.6) is 0 Å². The number of carbonyl (C=O) groups is 1. The zero-order valence-electron chi connectivity index (χ0n) is 7.33. The number of ether oxygens (including phenoxy) is 2. The first-order valence-electron chi connectivity index (χ1n) is 4.60. The van der Waals surface area contributed by atoms with E-state index in [0.29, 0.717) is 19.2 Å². The molecule has 12 heavy (non-hydrogen) atoms. The summed E-state index contributed by atoms with van der Waals surface area (Å²) in [6.45, 7) is 1.98. The van der Waals surface area contributed by atoms with Crippen LogP contribution in [0.4, 0.5) is 0 Å². The molecule has 0 N–H and O–H groups in total. The molecular formula is C9H16O3. The van der Waals surface area contributed by atoms with Crippen LogP contribution in [0, 0.1) is 0 Å². The Balaban J connectivity index is 1.84. The molecule has 0 bridgehead atoms. The molecule has 0 spiro atoms. The Hall–Kier alpha value is -0.570. The van der Waals surface area contributed by atoms with E-state index >= 15 is 0 Å². The molecule has 0 aromatic carbocycles. The maximum absolute atomic E-state index is 9.78. The van der Waals surface area contributed by atoms with Crippen molar-refractivity contribution in [2.45, 2.75) is 38.2 Å². The summed E-state index contributed by atoms with van der Waals surface area (Å²) in [5.74, 6) is 0. The molecule has 0 unspecified atom stereocenters. The first-order valence-corrected chi connectivity index (χ1v) is 4.60. The minimum atomic E-state index is 0.473. The first kappa shape index (κ1) is 9.52. The average Bonchev–Trinajstić information content (AvgIpc) is 2.57. The molecule has 3 nitrogen and oxygen atoms in total. The predicted molar refractivity (Wildman–Crippen MR) is 44.8 cm³/mol. The van der Waals surface area contributed by atoms with E-state index in [1.807, 2.05) is 0 Å². The molecule has 0 aromatic rings. The van der Waals surface area contributed by atoms with Gasteiger partial charge in [-0.3, -0.25) is 4.79 Å². The van der Waals surface area contributed by atoms with Gasteiger partial charge < -0.3 is 9.47 Å². The average molecular weight is 172 g/mol. The van der Waals surface area contributed by atoms with Crippen LogP contribution in [0.15, 0.2) is 0 Å². The lowest BCUT2D eigenvalue weighted by molar-refractivity contribution is -0.128. The molecule has 70 valence electrons. The van der Waals surface area contributed by atoms with Crippen molar-refractivity contribution in [1.29, 1.82) is 0 Å². The van der Waals surface area contributed by atoms with Crippen molar-refractivity contribution < 1.29 is 14.3 Å². The van der Waals surface area contributed by atoms with E-state index in [-0.39, 0.29) is 0 Å². The lowest BCUT2D eigenvalue weighted by atomic mass is 10.1. The summed E-state index contributed by atoms with van der Waals surface area (Å²) in [6, 6.07) is 0. The molecule has 1 fully saturated rings. The number of unbranched alkanes of at least 4 members (excludes halogenated alkanes) is 1. The Morgan fingerprint density at radius 3 is 3.08 bits per heavy atom. The Kier molecular flexibility index (Phi) is 4.76. The minimum Gasteiger partial charge on any atom is -0.468 e. The third-order valence-electron chi connectivity index (χ3n) is 2.13. The van der Waals surface area contributed by atoms with Gasteiger partial charge >= 0.3 is 0 Å². The van der Waals surface area contributed by atoms with Crippen LogP contribution in [0.3, 0.4) is 0 Å². The number of hydrogen-bond donors (Lipinski definition) is 0. The SMILES string of the molecule is O=COCCCC[C@@H]1CCCO1. The third kappa shape index (κ3) is 3.72. The molecule has 1 rings (SSSR count). The molecule has 0 amide bonds. The maximum Gasteiger partial charge on any atom is 0.293 e. The lowest BCUT2D eigenvalue weighted by Gasteiger charge is -2.07. The molecule has 1 saturated heterocycles. The molecular weight excluding hydrogens is 156 g/mol. The number of carbonyl (C=O) groups excluding carboxylic acids is 1. The Bertz CT molecular complexity index is 119. The highest BCUT2D eigenvalue weighted by Crippen LogP contribution is 2.17. The van der Waals surface area contributed by atoms with Crippen molar-refractivity contribution in [3.05, 3.63) is 0 Å². The molecule has 0 aliphatic carbocycles. The van der Waals surface area contributed by atoms with E-state index in [9.17, 15) is 4.79 Å². The van der Waals surface area contributed by atoms with Gasteiger partial charge in [0.2, 0.25) is 0 Å². The van der Waals surface area contributed by atoms with E-state index in [0.717, 1.165) is 25.9 Å². The Labute approximate surface area is 73.0 Å². The minimum absolute atomic E-state index is 0.473. The fraction of sp³-hybridized carbons (Fsp3) is 0.889. The van der Waals surface area contributed by atoms with Gasteiger partial charge in [0.05, 0.1) is 12.7 Å². The van der Waals surface area contributed by atoms with Crippen LogP contribution in [0.25, 0.3) is 0 Å². The Morgan fingerprint density at radius 1 is 1.50 bits per heavy atom. The summed E-state index contributed by atoms with van der Waals surface area (Å²) in [6.07, 6.45) is 6.05. The normalized spacial score (nSPS) is 22.5. The molecule has 0 radical (unpaired) electrons. The zero-order valence-corrected chi connectivity index (χ0v) is 7.33. The highest BCUT2D eigenvalue weighted by Gasteiger charge is 2.14. The van der Waals surface area contributed by atoms with E-state index in [1.54, 1.807) is 0 Å². The zero-order chi connectivity index (χ0) is 8.65. The molecule has 0 aromatic heterocycles. The van der Waals surface area contributed by atoms with Crippen LogP contribution in [-0.4, -0.2) is 25.8 Å². The standard InChI is InChI=1S/C9H16O3/c10-8-11-6-2-1-4-9-5-3-7-12-9/h8-9H,1-7H2/t9-/m1/s1. The monoisotopic (exact) mass is 172 g/mol. The van der Waals surface area contributed by atoms with Crippen LogP contribution in [0.1, 0.15) is 32.1 Å². The van der Waals surface area contributed by atoms with Crippen LogP contribution >= 0.6 is 0 Å². The van der Waals surface area contributed by atoms with Crippen molar-refractivity contribution in [3.8, 4) is 0 Å². The summed E-state index contributed by atoms with van der Waals surface area (Å²) in [4.78, 5) is 9.78. The summed E-state index contributed by atoms with van der Waals surface area (Å²) in [7, 11) is 0. The second kappa shape index (κ2) is 6.00. The van der Waals surface area contributed by atoms with Gasteiger partial charge in [-0.1, -0.05) is 0 Å². The van der Waals surface area contributed by atoms with Gasteiger partial charge in [-0.25, -0.2) is 0 Å². The van der Waals surface area contributed by atoms with Crippen LogP contribution in [0.2, 0.25) is 0 Å². The molecule has 3 heteroatoms. The largest absolute Gasteiger partial charge is 0.468 e. The summed E-state index contributed by atoms with van der Waals surface area (Å²) < 4.78 is 10.0. The topological polar surface area (TPSA) is 35.5 Å². The van der Waals surface area contributed by atoms with E-state index < -0.39 is 0 Å². The van der Waals surface area contributed by atoms with Crippen LogP contribution < -0.4 is 0 Å². The highest BCUT2D eigenvalue weighted by atomic mass is 16.5. The summed E-state index contributed by atoms with van der Waals surface area (Å²) in [5, 5.41) is 0. The van der Waals surface area contributed by atoms with E-state index in [4.69, 9.17) is 4.74 Å². The maximum atomic E-state index is 9.78. The van der Waals surface area contributed by atoms with E-state index in [2.05, 4.69) is 4.74 Å². The van der Waals surface area contributed by atoms with Crippen LogP contribution in [-0.2, 0) is 14.3 Å². The molecule has 1 heterocycles. The predicted octanol–water partition coefficient (Wildman–Crippen LogP) is 1.51. The smallest absolute Gasteiger partial charge is 0.293 e. The van der Waals surface area contributed by atoms with Crippen molar-refractivity contribution >= 4 is 6.47 Å². The fourth-order valence-electron chi connectivity index (χ4n) is 1.48. The van der Waals surface area contributed by atoms with Gasteiger partial charge in [-0.15, -0.1) is 0 Å². The van der Waals surface area contributed by atoms with Crippen molar-refractivity contribution in [2.75, 3.05) is 13.2 Å². The van der Waals surface area contributed by atoms with E-state index in [1.165, 1.54) is 12.8 Å². The number of hydrogen-bond acceptors (Lipinski definition) is 3. The van der Waals surface area contributed by atoms with Gasteiger partial charge in [0, 0.05) is 6.61 Å². The van der Waals surface area contributed by atoms with Crippen molar-refractivity contribution in [1.82, 2.24) is 0 Å². The quantitative estimate of drug-likeness (QED) is 0.450. The lowest BCUT2D eigenvalue weighted by Crippen LogP contribution is -2.04. The molecule has 1 aliphatic heterocycles. The molecule has 1 atom stereocenters. The second-order valence-electron chi connectivity index (χ2n) is 3.10. The van der Waals surface area contributed by atoms with Gasteiger partial charge in [0.25, 0.3) is 6.47 Å². The van der Waals surface area contributed by atoms with Gasteiger partial charge in [-0.2, -0.15) is 0 Å². The van der Waals surface area contributed by atoms with Gasteiger partial charge in [0.15, 0.2) is 0 Å². The second-order valence-corrected chi connectivity index (χ2v) is 3.10. The number of rotatable bonds is 6. The molecule has 1 aliphatic rings. The summed E-state index contributed by atoms with van der Waals surface area (Å²) in [5.41, 5.74) is 0. The van der Waals surface area contributed by atoms with Gasteiger partial charge in [0.1, 0.15) is 0 Å². The fourth-order valence-corrected chi connectivity index (χ4v) is 1.48. The van der Waals surface area contributed by atoms with Crippen molar-refractivity contribution in [2.24, 2.45) is 0 Å². The summed E-state index contributed by atoms with van der Waals surface area (Å²) >= 11 is 0.